The summed E-state index contributed by atoms with van der Waals surface area (Å²) in [6.07, 6.45) is 3.93. The van der Waals surface area contributed by atoms with E-state index in [1.54, 1.807) is 67.8 Å². The molecule has 0 spiro atoms. The number of amides is 1. The van der Waals surface area contributed by atoms with E-state index < -0.39 is 11.9 Å². The van der Waals surface area contributed by atoms with Gasteiger partial charge in [-0.05, 0) is 66.1 Å². The molecule has 0 unspecified atom stereocenters. The number of nitrogens with zero attached hydrogens (tertiary/aromatic N) is 1. The monoisotopic (exact) mass is 474 g/mol. The summed E-state index contributed by atoms with van der Waals surface area (Å²) in [7, 11) is 3.09. The van der Waals surface area contributed by atoms with E-state index in [0.29, 0.717) is 40.5 Å². The summed E-state index contributed by atoms with van der Waals surface area (Å²) in [5, 5.41) is 3.93. The molecule has 35 heavy (non-hydrogen) atoms. The van der Waals surface area contributed by atoms with Crippen LogP contribution < -0.4 is 24.4 Å². The minimum Gasteiger partial charge on any atom is -0.497 e. The van der Waals surface area contributed by atoms with Gasteiger partial charge in [0, 0.05) is 0 Å². The molecule has 8 nitrogen and oxygen atoms in total. The number of esters is 1. The van der Waals surface area contributed by atoms with Gasteiger partial charge in [0.1, 0.15) is 11.5 Å². The molecule has 0 fully saturated rings. The summed E-state index contributed by atoms with van der Waals surface area (Å²) >= 11 is 0. The van der Waals surface area contributed by atoms with E-state index in [0.717, 1.165) is 5.56 Å². The molecule has 8 heteroatoms. The van der Waals surface area contributed by atoms with Crippen LogP contribution in [0.5, 0.6) is 23.0 Å². The third kappa shape index (κ3) is 7.46. The van der Waals surface area contributed by atoms with Gasteiger partial charge in [-0.25, -0.2) is 10.2 Å². The molecule has 0 aliphatic rings. The van der Waals surface area contributed by atoms with E-state index in [2.05, 4.69) is 17.1 Å². The highest BCUT2D eigenvalue weighted by molar-refractivity contribution is 5.91. The van der Waals surface area contributed by atoms with Crippen LogP contribution in [-0.4, -0.2) is 38.9 Å². The first-order chi connectivity index (χ1) is 17.0. The average Bonchev–Trinajstić information content (AvgIpc) is 2.88. The SMILES string of the molecule is C=CCc1ccc(OCC(=O)NN=Cc2cccc(OC(=O)c3ccc(OC)cc3)c2)c(OC)c1. The van der Waals surface area contributed by atoms with E-state index in [-0.39, 0.29) is 6.61 Å². The molecule has 0 aliphatic carbocycles. The van der Waals surface area contributed by atoms with Crippen LogP contribution >= 0.6 is 0 Å². The van der Waals surface area contributed by atoms with Crippen LogP contribution in [-0.2, 0) is 11.2 Å². The Morgan fingerprint density at radius 1 is 0.943 bits per heavy atom. The van der Waals surface area contributed by atoms with Gasteiger partial charge in [0.05, 0.1) is 26.0 Å². The third-order valence-corrected chi connectivity index (χ3v) is 4.76. The topological polar surface area (TPSA) is 95.5 Å². The third-order valence-electron chi connectivity index (χ3n) is 4.76. The van der Waals surface area contributed by atoms with Crippen LogP contribution in [0.15, 0.2) is 84.5 Å². The number of nitrogens with one attached hydrogen (secondary N) is 1. The summed E-state index contributed by atoms with van der Waals surface area (Å²) in [6.45, 7) is 3.47. The van der Waals surface area contributed by atoms with Gasteiger partial charge >= 0.3 is 5.97 Å². The molecule has 0 saturated heterocycles. The molecule has 3 rings (SSSR count). The van der Waals surface area contributed by atoms with E-state index in [4.69, 9.17) is 18.9 Å². The van der Waals surface area contributed by atoms with Crippen LogP contribution in [0.4, 0.5) is 0 Å². The second-order valence-corrected chi connectivity index (χ2v) is 7.25. The number of hydrogen-bond acceptors (Lipinski definition) is 7. The van der Waals surface area contributed by atoms with E-state index in [1.165, 1.54) is 13.3 Å². The van der Waals surface area contributed by atoms with Gasteiger partial charge in [-0.2, -0.15) is 5.10 Å². The lowest BCUT2D eigenvalue weighted by molar-refractivity contribution is -0.123. The molecule has 0 saturated carbocycles. The maximum absolute atomic E-state index is 12.3. The highest BCUT2D eigenvalue weighted by Gasteiger charge is 2.10. The fourth-order valence-electron chi connectivity index (χ4n) is 3.03. The molecule has 180 valence electrons. The molecular formula is C27H26N2O6. The molecule has 0 radical (unpaired) electrons. The Balaban J connectivity index is 1.52. The van der Waals surface area contributed by atoms with Crippen LogP contribution in [0.25, 0.3) is 0 Å². The maximum Gasteiger partial charge on any atom is 0.343 e. The summed E-state index contributed by atoms with van der Waals surface area (Å²) < 4.78 is 21.4. The first kappa shape index (κ1) is 25.0. The van der Waals surface area contributed by atoms with Crippen molar-refractivity contribution in [3.63, 3.8) is 0 Å². The summed E-state index contributed by atoms with van der Waals surface area (Å²) in [4.78, 5) is 24.4. The Morgan fingerprint density at radius 3 is 2.46 bits per heavy atom. The zero-order valence-electron chi connectivity index (χ0n) is 19.5. The van der Waals surface area contributed by atoms with Crippen molar-refractivity contribution in [3.8, 4) is 23.0 Å². The molecule has 3 aromatic carbocycles. The first-order valence-electron chi connectivity index (χ1n) is 10.7. The maximum atomic E-state index is 12.3. The van der Waals surface area contributed by atoms with E-state index in [9.17, 15) is 9.59 Å². The summed E-state index contributed by atoms with van der Waals surface area (Å²) in [5.74, 6) is 1.03. The smallest absolute Gasteiger partial charge is 0.343 e. The average molecular weight is 475 g/mol. The lowest BCUT2D eigenvalue weighted by Gasteiger charge is -2.11. The number of benzene rings is 3. The minimum absolute atomic E-state index is 0.242. The second-order valence-electron chi connectivity index (χ2n) is 7.25. The molecule has 1 amide bonds. The lowest BCUT2D eigenvalue weighted by Crippen LogP contribution is -2.24. The molecule has 0 heterocycles. The molecule has 3 aromatic rings. The van der Waals surface area contributed by atoms with Crippen molar-refractivity contribution in [3.05, 3.63) is 96.1 Å². The number of rotatable bonds is 11. The normalized spacial score (nSPS) is 10.5. The molecule has 1 N–H and O–H groups in total. The Morgan fingerprint density at radius 2 is 1.74 bits per heavy atom. The number of hydrogen-bond donors (Lipinski definition) is 1. The second kappa shape index (κ2) is 12.6. The Bertz CT molecular complexity index is 1200. The first-order valence-corrected chi connectivity index (χ1v) is 10.7. The molecular weight excluding hydrogens is 448 g/mol. The van der Waals surface area contributed by atoms with E-state index in [1.807, 2.05) is 12.1 Å². The Kier molecular flexibility index (Phi) is 9.01. The van der Waals surface area contributed by atoms with Gasteiger partial charge in [-0.3, -0.25) is 4.79 Å². The predicted octanol–water partition coefficient (Wildman–Crippen LogP) is 4.18. The summed E-state index contributed by atoms with van der Waals surface area (Å²) in [5.41, 5.74) is 4.45. The van der Waals surface area contributed by atoms with Gasteiger partial charge in [-0.15, -0.1) is 6.58 Å². The van der Waals surface area contributed by atoms with Crippen molar-refractivity contribution in [2.75, 3.05) is 20.8 Å². The fraction of sp³-hybridized carbons (Fsp3) is 0.148. The number of methoxy groups -OCH3 is 2. The van der Waals surface area contributed by atoms with Gasteiger partial charge in [0.2, 0.25) is 0 Å². The van der Waals surface area contributed by atoms with E-state index >= 15 is 0 Å². The van der Waals surface area contributed by atoms with Crippen molar-refractivity contribution in [1.29, 1.82) is 0 Å². The number of allylic oxidation sites excluding steroid dienone is 1. The Labute approximate surface area is 203 Å². The van der Waals surface area contributed by atoms with Crippen molar-refractivity contribution in [2.45, 2.75) is 6.42 Å². The number of ether oxygens (including phenoxy) is 4. The van der Waals surface area contributed by atoms with Gasteiger partial charge in [-0.1, -0.05) is 24.3 Å². The molecule has 0 atom stereocenters. The number of carbonyl (C=O) groups is 2. The molecule has 0 aliphatic heterocycles. The Hall–Kier alpha value is -4.59. The molecule has 0 aromatic heterocycles. The lowest BCUT2D eigenvalue weighted by atomic mass is 10.1. The number of carbonyl (C=O) groups excluding carboxylic acids is 2. The highest BCUT2D eigenvalue weighted by atomic mass is 16.5. The van der Waals surface area contributed by atoms with Crippen molar-refractivity contribution >= 4 is 18.1 Å². The largest absolute Gasteiger partial charge is 0.497 e. The van der Waals surface area contributed by atoms with Crippen LogP contribution in [0.1, 0.15) is 21.5 Å². The van der Waals surface area contributed by atoms with Crippen molar-refractivity contribution < 1.29 is 28.5 Å². The highest BCUT2D eigenvalue weighted by Crippen LogP contribution is 2.28. The van der Waals surface area contributed by atoms with Crippen molar-refractivity contribution in [1.82, 2.24) is 5.43 Å². The standard InChI is InChI=1S/C27H26N2O6/c1-4-6-19-9-14-24(25(16-19)33-3)34-18-26(30)29-28-17-20-7-5-8-23(15-20)35-27(31)21-10-12-22(32-2)13-11-21/h4-5,7-17H,1,6,18H2,2-3H3,(H,29,30). The predicted molar refractivity (Wildman–Crippen MR) is 133 cm³/mol. The van der Waals surface area contributed by atoms with Gasteiger partial charge < -0.3 is 18.9 Å². The number of hydrazone groups is 1. The van der Waals surface area contributed by atoms with Crippen LogP contribution in [0.2, 0.25) is 0 Å². The van der Waals surface area contributed by atoms with Gasteiger partial charge in [0.25, 0.3) is 5.91 Å². The fourth-order valence-corrected chi connectivity index (χ4v) is 3.03. The van der Waals surface area contributed by atoms with Crippen molar-refractivity contribution in [2.24, 2.45) is 5.10 Å². The summed E-state index contributed by atoms with van der Waals surface area (Å²) in [6, 6.07) is 18.8. The zero-order valence-corrected chi connectivity index (χ0v) is 19.5. The molecule has 0 bridgehead atoms. The minimum atomic E-state index is -0.500. The van der Waals surface area contributed by atoms with Crippen LogP contribution in [0, 0.1) is 0 Å². The zero-order chi connectivity index (χ0) is 25.0. The quantitative estimate of drug-likeness (QED) is 0.147. The van der Waals surface area contributed by atoms with Gasteiger partial charge in [0.15, 0.2) is 18.1 Å². The van der Waals surface area contributed by atoms with Crippen LogP contribution in [0.3, 0.4) is 0 Å².